The fraction of sp³-hybridized carbons (Fsp3) is 0.714. The van der Waals surface area contributed by atoms with Gasteiger partial charge in [0.15, 0.2) is 0 Å². The molecular weight excluding hydrogens is 224 g/mol. The Bertz CT molecular complexity index is 374. The van der Waals surface area contributed by atoms with Crippen molar-refractivity contribution in [2.45, 2.75) is 46.2 Å². The lowest BCUT2D eigenvalue weighted by Gasteiger charge is -2.22. The van der Waals surface area contributed by atoms with Crippen LogP contribution in [0.5, 0.6) is 0 Å². The van der Waals surface area contributed by atoms with Crippen molar-refractivity contribution in [1.29, 1.82) is 0 Å². The first-order valence-corrected chi connectivity index (χ1v) is 6.98. The minimum Gasteiger partial charge on any atom is -0.355 e. The highest BCUT2D eigenvalue weighted by molar-refractivity contribution is 5.36. The molecule has 1 aromatic rings. The van der Waals surface area contributed by atoms with Gasteiger partial charge in [-0.25, -0.2) is 4.98 Å². The highest BCUT2D eigenvalue weighted by atomic mass is 15.2. The molecule has 18 heavy (non-hydrogen) atoms. The van der Waals surface area contributed by atoms with Gasteiger partial charge in [0.25, 0.3) is 0 Å². The van der Waals surface area contributed by atoms with Crippen LogP contribution in [0.25, 0.3) is 0 Å². The van der Waals surface area contributed by atoms with Crippen LogP contribution in [0.1, 0.15) is 39.3 Å². The van der Waals surface area contributed by atoms with Gasteiger partial charge >= 0.3 is 0 Å². The number of nitrogens with zero attached hydrogens (tertiary/aromatic N) is 3. The second-order valence-corrected chi connectivity index (χ2v) is 5.39. The second kappa shape index (κ2) is 6.14. The maximum Gasteiger partial charge on any atom is 0.147 e. The number of nitrogens with one attached hydrogen (secondary N) is 1. The van der Waals surface area contributed by atoms with Gasteiger partial charge in [0.1, 0.15) is 5.82 Å². The number of aromatic nitrogens is 2. The van der Waals surface area contributed by atoms with E-state index in [9.17, 15) is 0 Å². The molecule has 2 rings (SSSR count). The summed E-state index contributed by atoms with van der Waals surface area (Å²) in [6.07, 6.45) is 6.48. The summed E-state index contributed by atoms with van der Waals surface area (Å²) >= 11 is 0. The first kappa shape index (κ1) is 13.3. The minimum absolute atomic E-state index is 0.476. The lowest BCUT2D eigenvalue weighted by molar-refractivity contribution is 0.579. The van der Waals surface area contributed by atoms with Crippen molar-refractivity contribution in [3.63, 3.8) is 0 Å². The van der Waals surface area contributed by atoms with Crippen LogP contribution in [0.15, 0.2) is 12.4 Å². The van der Waals surface area contributed by atoms with Crippen molar-refractivity contribution in [3.8, 4) is 0 Å². The zero-order valence-electron chi connectivity index (χ0n) is 11.7. The Morgan fingerprint density at radius 3 is 2.78 bits per heavy atom. The van der Waals surface area contributed by atoms with Gasteiger partial charge in [-0.15, -0.1) is 0 Å². The van der Waals surface area contributed by atoms with Gasteiger partial charge in [0, 0.05) is 31.9 Å². The molecule has 0 aliphatic heterocycles. The maximum atomic E-state index is 4.70. The molecule has 0 aromatic carbocycles. The van der Waals surface area contributed by atoms with Crippen LogP contribution in [-0.2, 0) is 6.54 Å². The third-order valence-corrected chi connectivity index (χ3v) is 3.24. The largest absolute Gasteiger partial charge is 0.355 e. The van der Waals surface area contributed by atoms with E-state index in [1.54, 1.807) is 0 Å². The van der Waals surface area contributed by atoms with Crippen molar-refractivity contribution in [2.75, 3.05) is 18.0 Å². The van der Waals surface area contributed by atoms with E-state index in [1.807, 2.05) is 12.4 Å². The van der Waals surface area contributed by atoms with Gasteiger partial charge in [0.2, 0.25) is 0 Å². The molecule has 0 spiro atoms. The third-order valence-electron chi connectivity index (χ3n) is 3.24. The first-order chi connectivity index (χ1) is 8.69. The zero-order chi connectivity index (χ0) is 13.0. The predicted molar refractivity (Wildman–Crippen MR) is 74.6 cm³/mol. The summed E-state index contributed by atoms with van der Waals surface area (Å²) in [5.41, 5.74) is 1.02. The zero-order valence-corrected chi connectivity index (χ0v) is 11.7. The lowest BCUT2D eigenvalue weighted by Crippen LogP contribution is -2.27. The number of rotatable bonds is 7. The van der Waals surface area contributed by atoms with Crippen LogP contribution >= 0.6 is 0 Å². The van der Waals surface area contributed by atoms with E-state index >= 15 is 0 Å². The van der Waals surface area contributed by atoms with Crippen molar-refractivity contribution in [1.82, 2.24) is 15.3 Å². The molecule has 1 fully saturated rings. The normalized spacial score (nSPS) is 15.1. The van der Waals surface area contributed by atoms with E-state index in [4.69, 9.17) is 4.98 Å². The van der Waals surface area contributed by atoms with Crippen LogP contribution in [0.2, 0.25) is 0 Å². The molecule has 1 aliphatic rings. The molecule has 4 nitrogen and oxygen atoms in total. The summed E-state index contributed by atoms with van der Waals surface area (Å²) < 4.78 is 0. The van der Waals surface area contributed by atoms with Crippen LogP contribution < -0.4 is 10.2 Å². The fourth-order valence-electron chi connectivity index (χ4n) is 1.94. The Kier molecular flexibility index (Phi) is 4.53. The van der Waals surface area contributed by atoms with Gasteiger partial charge < -0.3 is 10.2 Å². The van der Waals surface area contributed by atoms with Crippen LogP contribution in [0.3, 0.4) is 0 Å². The first-order valence-electron chi connectivity index (χ1n) is 6.98. The molecular formula is C14H24N4. The summed E-state index contributed by atoms with van der Waals surface area (Å²) in [6.45, 7) is 9.40. The van der Waals surface area contributed by atoms with Gasteiger partial charge in [-0.2, -0.15) is 0 Å². The highest BCUT2D eigenvalue weighted by Gasteiger charge is 2.24. The van der Waals surface area contributed by atoms with Gasteiger partial charge in [0.05, 0.1) is 11.9 Å². The van der Waals surface area contributed by atoms with Gasteiger partial charge in [-0.1, -0.05) is 13.8 Å². The summed E-state index contributed by atoms with van der Waals surface area (Å²) in [6, 6.07) is 0.476. The minimum atomic E-state index is 0.476. The molecule has 0 bridgehead atoms. The molecule has 1 heterocycles. The molecule has 0 amide bonds. The Balaban J connectivity index is 1.99. The Labute approximate surface area is 110 Å². The lowest BCUT2D eigenvalue weighted by atomic mass is 10.3. The van der Waals surface area contributed by atoms with Crippen LogP contribution in [0, 0.1) is 5.92 Å². The molecule has 1 saturated carbocycles. The van der Waals surface area contributed by atoms with Crippen molar-refractivity contribution < 1.29 is 0 Å². The average Bonchev–Trinajstić information content (AvgIpc) is 3.18. The number of hydrogen-bond donors (Lipinski definition) is 1. The quantitative estimate of drug-likeness (QED) is 0.803. The summed E-state index contributed by atoms with van der Waals surface area (Å²) in [5, 5.41) is 3.38. The molecule has 1 aromatic heterocycles. The standard InChI is InChI=1S/C14H24N4/c1-4-18(10-12-5-6-12)14-9-15-7-13(17-14)8-16-11(2)3/h7,9,11-12,16H,4-6,8,10H2,1-3H3. The molecule has 0 atom stereocenters. The van der Waals surface area contributed by atoms with E-state index in [0.29, 0.717) is 6.04 Å². The number of hydrogen-bond acceptors (Lipinski definition) is 4. The molecule has 0 radical (unpaired) electrons. The van der Waals surface area contributed by atoms with E-state index in [0.717, 1.165) is 37.1 Å². The van der Waals surface area contributed by atoms with Gasteiger partial charge in [-0.3, -0.25) is 4.98 Å². The molecule has 1 N–H and O–H groups in total. The van der Waals surface area contributed by atoms with Crippen molar-refractivity contribution >= 4 is 5.82 Å². The number of anilines is 1. The SMILES string of the molecule is CCN(CC1CC1)c1cncc(CNC(C)C)n1. The van der Waals surface area contributed by atoms with E-state index in [-0.39, 0.29) is 0 Å². The summed E-state index contributed by atoms with van der Waals surface area (Å²) in [7, 11) is 0. The van der Waals surface area contributed by atoms with E-state index in [2.05, 4.69) is 36.0 Å². The third kappa shape index (κ3) is 3.95. The fourth-order valence-corrected chi connectivity index (χ4v) is 1.94. The molecule has 0 unspecified atom stereocenters. The van der Waals surface area contributed by atoms with Crippen molar-refractivity contribution in [2.24, 2.45) is 5.92 Å². The van der Waals surface area contributed by atoms with Gasteiger partial charge in [-0.05, 0) is 25.7 Å². The molecule has 1 aliphatic carbocycles. The van der Waals surface area contributed by atoms with Crippen molar-refractivity contribution in [3.05, 3.63) is 18.1 Å². The van der Waals surface area contributed by atoms with E-state index < -0.39 is 0 Å². The molecule has 0 saturated heterocycles. The predicted octanol–water partition coefficient (Wildman–Crippen LogP) is 2.21. The molecule has 100 valence electrons. The Hall–Kier alpha value is -1.16. The second-order valence-electron chi connectivity index (χ2n) is 5.39. The van der Waals surface area contributed by atoms with Crippen LogP contribution in [-0.4, -0.2) is 29.1 Å². The average molecular weight is 248 g/mol. The Morgan fingerprint density at radius 2 is 2.17 bits per heavy atom. The smallest absolute Gasteiger partial charge is 0.147 e. The summed E-state index contributed by atoms with van der Waals surface area (Å²) in [4.78, 5) is 11.3. The highest BCUT2D eigenvalue weighted by Crippen LogP contribution is 2.30. The van der Waals surface area contributed by atoms with E-state index in [1.165, 1.54) is 12.8 Å². The monoisotopic (exact) mass is 248 g/mol. The van der Waals surface area contributed by atoms with Crippen LogP contribution in [0.4, 0.5) is 5.82 Å². The molecule has 4 heteroatoms. The topological polar surface area (TPSA) is 41.1 Å². The Morgan fingerprint density at radius 1 is 1.39 bits per heavy atom. The summed E-state index contributed by atoms with van der Waals surface area (Å²) in [5.74, 6) is 1.90. The maximum absolute atomic E-state index is 4.70.